The van der Waals surface area contributed by atoms with Gasteiger partial charge in [0.15, 0.2) is 6.10 Å². The normalized spacial score (nSPS) is 11.5. The Kier molecular flexibility index (Phi) is 7.68. The van der Waals surface area contributed by atoms with Crippen LogP contribution in [0.4, 0.5) is 0 Å². The molecule has 5 heteroatoms. The first-order valence-corrected chi connectivity index (χ1v) is 8.85. The van der Waals surface area contributed by atoms with Crippen LogP contribution in [0.3, 0.4) is 0 Å². The standard InChI is InChI=1S/C21H25NO4/c1-3-15-25-21(24)16(2)26-19-11-9-18(10-12-19)20(23)22-14-13-17-7-5-4-6-8-17/h4-12,16H,3,13-15H2,1-2H3,(H,22,23)/t16-/m1/s1. The van der Waals surface area contributed by atoms with Gasteiger partial charge in [-0.15, -0.1) is 0 Å². The predicted molar refractivity (Wildman–Crippen MR) is 100 cm³/mol. The van der Waals surface area contributed by atoms with Crippen molar-refractivity contribution in [3.63, 3.8) is 0 Å². The number of benzene rings is 2. The number of carbonyl (C=O) groups is 2. The maximum atomic E-state index is 12.2. The number of rotatable bonds is 9. The Morgan fingerprint density at radius 3 is 2.38 bits per heavy atom. The van der Waals surface area contributed by atoms with Crippen LogP contribution in [0.2, 0.25) is 0 Å². The Labute approximate surface area is 154 Å². The van der Waals surface area contributed by atoms with Crippen LogP contribution < -0.4 is 10.1 Å². The summed E-state index contributed by atoms with van der Waals surface area (Å²) >= 11 is 0. The predicted octanol–water partition coefficient (Wildman–Crippen LogP) is 3.38. The SMILES string of the molecule is CCCOC(=O)[C@@H](C)Oc1ccc(C(=O)NCCc2ccccc2)cc1. The van der Waals surface area contributed by atoms with Gasteiger partial charge in [-0.1, -0.05) is 37.3 Å². The number of hydrogen-bond donors (Lipinski definition) is 1. The van der Waals surface area contributed by atoms with Crippen molar-refractivity contribution in [3.8, 4) is 5.75 Å². The number of esters is 1. The van der Waals surface area contributed by atoms with E-state index in [4.69, 9.17) is 9.47 Å². The second kappa shape index (κ2) is 10.2. The molecule has 0 aliphatic carbocycles. The van der Waals surface area contributed by atoms with Gasteiger partial charge in [0.25, 0.3) is 5.91 Å². The Bertz CT molecular complexity index is 698. The first-order chi connectivity index (χ1) is 12.6. The summed E-state index contributed by atoms with van der Waals surface area (Å²) < 4.78 is 10.6. The third-order valence-corrected chi connectivity index (χ3v) is 3.75. The van der Waals surface area contributed by atoms with Gasteiger partial charge >= 0.3 is 5.97 Å². The minimum atomic E-state index is -0.688. The molecule has 0 aliphatic heterocycles. The molecule has 26 heavy (non-hydrogen) atoms. The Balaban J connectivity index is 1.80. The van der Waals surface area contributed by atoms with Crippen molar-refractivity contribution in [2.75, 3.05) is 13.2 Å². The molecular formula is C21H25NO4. The third kappa shape index (κ3) is 6.24. The fourth-order valence-electron chi connectivity index (χ4n) is 2.32. The summed E-state index contributed by atoms with van der Waals surface area (Å²) in [7, 11) is 0. The lowest BCUT2D eigenvalue weighted by molar-refractivity contribution is -0.151. The Hall–Kier alpha value is -2.82. The van der Waals surface area contributed by atoms with Crippen molar-refractivity contribution in [2.45, 2.75) is 32.8 Å². The maximum Gasteiger partial charge on any atom is 0.347 e. The second-order valence-electron chi connectivity index (χ2n) is 5.94. The molecule has 2 rings (SSSR count). The van der Waals surface area contributed by atoms with E-state index in [1.165, 1.54) is 5.56 Å². The Morgan fingerprint density at radius 2 is 1.73 bits per heavy atom. The van der Waals surface area contributed by atoms with Crippen LogP contribution in [0.1, 0.15) is 36.2 Å². The largest absolute Gasteiger partial charge is 0.479 e. The highest BCUT2D eigenvalue weighted by atomic mass is 16.6. The smallest absolute Gasteiger partial charge is 0.347 e. The van der Waals surface area contributed by atoms with Crippen LogP contribution in [-0.2, 0) is 16.0 Å². The van der Waals surface area contributed by atoms with Gasteiger partial charge in [0.05, 0.1) is 6.61 Å². The summed E-state index contributed by atoms with van der Waals surface area (Å²) in [5.74, 6) is -0.00995. The highest BCUT2D eigenvalue weighted by molar-refractivity contribution is 5.94. The molecule has 0 saturated carbocycles. The fourth-order valence-corrected chi connectivity index (χ4v) is 2.32. The number of carbonyl (C=O) groups excluding carboxylic acids is 2. The molecule has 1 N–H and O–H groups in total. The van der Waals surface area contributed by atoms with Gasteiger partial charge in [0, 0.05) is 12.1 Å². The molecule has 1 atom stereocenters. The molecular weight excluding hydrogens is 330 g/mol. The first kappa shape index (κ1) is 19.5. The maximum absolute atomic E-state index is 12.2. The number of nitrogens with one attached hydrogen (secondary N) is 1. The van der Waals surface area contributed by atoms with Crippen molar-refractivity contribution in [1.29, 1.82) is 0 Å². The zero-order valence-corrected chi connectivity index (χ0v) is 15.2. The highest BCUT2D eigenvalue weighted by Gasteiger charge is 2.16. The van der Waals surface area contributed by atoms with Crippen LogP contribution in [0.5, 0.6) is 5.75 Å². The first-order valence-electron chi connectivity index (χ1n) is 8.85. The molecule has 0 spiro atoms. The molecule has 0 saturated heterocycles. The zero-order chi connectivity index (χ0) is 18.8. The van der Waals surface area contributed by atoms with Crippen LogP contribution in [-0.4, -0.2) is 31.1 Å². The molecule has 0 unspecified atom stereocenters. The lowest BCUT2D eigenvalue weighted by Crippen LogP contribution is -2.27. The minimum absolute atomic E-state index is 0.136. The number of ether oxygens (including phenoxy) is 2. The van der Waals surface area contributed by atoms with E-state index in [9.17, 15) is 9.59 Å². The molecule has 5 nitrogen and oxygen atoms in total. The monoisotopic (exact) mass is 355 g/mol. The van der Waals surface area contributed by atoms with Gasteiger partial charge in [-0.2, -0.15) is 0 Å². The van der Waals surface area contributed by atoms with Gasteiger partial charge in [0.1, 0.15) is 5.75 Å². The van der Waals surface area contributed by atoms with Crippen LogP contribution in [0.25, 0.3) is 0 Å². The van der Waals surface area contributed by atoms with Crippen LogP contribution in [0.15, 0.2) is 54.6 Å². The summed E-state index contributed by atoms with van der Waals surface area (Å²) in [6, 6.07) is 16.7. The van der Waals surface area contributed by atoms with Crippen molar-refractivity contribution >= 4 is 11.9 Å². The van der Waals surface area contributed by atoms with E-state index < -0.39 is 12.1 Å². The van der Waals surface area contributed by atoms with E-state index >= 15 is 0 Å². The fraction of sp³-hybridized carbons (Fsp3) is 0.333. The van der Waals surface area contributed by atoms with Crippen LogP contribution >= 0.6 is 0 Å². The van der Waals surface area contributed by atoms with Crippen molar-refractivity contribution < 1.29 is 19.1 Å². The lowest BCUT2D eigenvalue weighted by Gasteiger charge is -2.14. The topological polar surface area (TPSA) is 64.6 Å². The lowest BCUT2D eigenvalue weighted by atomic mass is 10.1. The summed E-state index contributed by atoms with van der Waals surface area (Å²) in [5.41, 5.74) is 1.73. The van der Waals surface area contributed by atoms with Gasteiger partial charge in [0.2, 0.25) is 0 Å². The van der Waals surface area contributed by atoms with Gasteiger partial charge in [-0.25, -0.2) is 4.79 Å². The van der Waals surface area contributed by atoms with Crippen molar-refractivity contribution in [1.82, 2.24) is 5.32 Å². The summed E-state index contributed by atoms with van der Waals surface area (Å²) in [5, 5.41) is 2.90. The Morgan fingerprint density at radius 1 is 1.04 bits per heavy atom. The van der Waals surface area contributed by atoms with Gasteiger partial charge in [-0.3, -0.25) is 4.79 Å². The zero-order valence-electron chi connectivity index (χ0n) is 15.2. The second-order valence-corrected chi connectivity index (χ2v) is 5.94. The van der Waals surface area contributed by atoms with E-state index in [1.54, 1.807) is 31.2 Å². The van der Waals surface area contributed by atoms with E-state index in [0.29, 0.717) is 24.5 Å². The average molecular weight is 355 g/mol. The minimum Gasteiger partial charge on any atom is -0.479 e. The van der Waals surface area contributed by atoms with Gasteiger partial charge in [-0.05, 0) is 49.6 Å². The molecule has 2 aromatic rings. The molecule has 0 bridgehead atoms. The highest BCUT2D eigenvalue weighted by Crippen LogP contribution is 2.14. The molecule has 138 valence electrons. The molecule has 0 fully saturated rings. The van der Waals surface area contributed by atoms with E-state index in [-0.39, 0.29) is 5.91 Å². The molecule has 2 aromatic carbocycles. The number of hydrogen-bond acceptors (Lipinski definition) is 4. The van der Waals surface area contributed by atoms with Crippen molar-refractivity contribution in [3.05, 3.63) is 65.7 Å². The molecule has 0 radical (unpaired) electrons. The summed E-state index contributed by atoms with van der Waals surface area (Å²) in [6.45, 7) is 4.53. The molecule has 1 amide bonds. The van der Waals surface area contributed by atoms with Crippen LogP contribution in [0, 0.1) is 0 Å². The summed E-state index contributed by atoms with van der Waals surface area (Å²) in [4.78, 5) is 23.9. The number of amides is 1. The van der Waals surface area contributed by atoms with Gasteiger partial charge < -0.3 is 14.8 Å². The summed E-state index contributed by atoms with van der Waals surface area (Å²) in [6.07, 6.45) is 0.865. The molecule has 0 aliphatic rings. The molecule has 0 heterocycles. The third-order valence-electron chi connectivity index (χ3n) is 3.75. The quantitative estimate of drug-likeness (QED) is 0.701. The molecule has 0 aromatic heterocycles. The van der Waals surface area contributed by atoms with Crippen molar-refractivity contribution in [2.24, 2.45) is 0 Å². The van der Waals surface area contributed by atoms with E-state index in [1.807, 2.05) is 37.3 Å². The average Bonchev–Trinajstić information content (AvgIpc) is 2.67. The van der Waals surface area contributed by atoms with E-state index in [0.717, 1.165) is 12.8 Å². The van der Waals surface area contributed by atoms with E-state index in [2.05, 4.69) is 5.32 Å².